The van der Waals surface area contributed by atoms with Crippen molar-refractivity contribution in [3.63, 3.8) is 0 Å². The number of benzene rings is 1. The minimum absolute atomic E-state index is 0.115. The Bertz CT molecular complexity index is 913. The summed E-state index contributed by atoms with van der Waals surface area (Å²) in [5.74, 6) is -0.537. The van der Waals surface area contributed by atoms with Gasteiger partial charge in [-0.15, -0.1) is 0 Å². The van der Waals surface area contributed by atoms with Crippen molar-refractivity contribution in [3.05, 3.63) is 34.7 Å². The second-order valence-corrected chi connectivity index (χ2v) is 9.24. The van der Waals surface area contributed by atoms with Gasteiger partial charge in [0.2, 0.25) is 0 Å². The molecule has 1 saturated heterocycles. The lowest BCUT2D eigenvalue weighted by molar-refractivity contribution is -0.140. The lowest BCUT2D eigenvalue weighted by Gasteiger charge is -2.16. The number of anilines is 1. The molecule has 0 unspecified atom stereocenters. The highest BCUT2D eigenvalue weighted by Gasteiger charge is 2.41. The molecular formula is C23H28N2O4S2. The predicted molar refractivity (Wildman–Crippen MR) is 128 cm³/mol. The van der Waals surface area contributed by atoms with E-state index in [9.17, 15) is 14.4 Å². The zero-order valence-electron chi connectivity index (χ0n) is 18.0. The Morgan fingerprint density at radius 2 is 1.71 bits per heavy atom. The highest BCUT2D eigenvalue weighted by atomic mass is 32.2. The molecule has 0 atom stereocenters. The van der Waals surface area contributed by atoms with Crippen LogP contribution in [0.25, 0.3) is 5.57 Å². The van der Waals surface area contributed by atoms with Gasteiger partial charge in [0.15, 0.2) is 0 Å². The number of rotatable bonds is 10. The summed E-state index contributed by atoms with van der Waals surface area (Å²) in [5, 5.41) is 0. The van der Waals surface area contributed by atoms with Gasteiger partial charge in [-0.3, -0.25) is 19.3 Å². The third-order valence-corrected chi connectivity index (χ3v) is 6.92. The molecule has 2 aliphatic rings. The van der Waals surface area contributed by atoms with Crippen LogP contribution in [0, 0.1) is 0 Å². The van der Waals surface area contributed by atoms with Gasteiger partial charge < -0.3 is 9.64 Å². The van der Waals surface area contributed by atoms with E-state index in [1.807, 2.05) is 24.3 Å². The van der Waals surface area contributed by atoms with E-state index in [0.717, 1.165) is 43.4 Å². The van der Waals surface area contributed by atoms with Gasteiger partial charge in [0.05, 0.1) is 23.3 Å². The Balaban J connectivity index is 1.74. The van der Waals surface area contributed by atoms with Gasteiger partial charge in [0.1, 0.15) is 4.32 Å². The molecule has 0 saturated carbocycles. The van der Waals surface area contributed by atoms with E-state index in [2.05, 4.69) is 11.7 Å². The number of methoxy groups -OCH3 is 1. The fraction of sp³-hybridized carbons (Fsp3) is 0.478. The summed E-state index contributed by atoms with van der Waals surface area (Å²) in [4.78, 5) is 41.5. The Hall–Kier alpha value is -2.19. The maximum Gasteiger partial charge on any atom is 0.305 e. The van der Waals surface area contributed by atoms with Crippen molar-refractivity contribution in [2.75, 3.05) is 25.1 Å². The van der Waals surface area contributed by atoms with E-state index >= 15 is 0 Å². The highest BCUT2D eigenvalue weighted by molar-refractivity contribution is 8.26. The smallest absolute Gasteiger partial charge is 0.305 e. The molecule has 31 heavy (non-hydrogen) atoms. The summed E-state index contributed by atoms with van der Waals surface area (Å²) >= 11 is 6.67. The van der Waals surface area contributed by atoms with Crippen LogP contribution in [0.1, 0.15) is 57.4 Å². The molecule has 1 fully saturated rings. The molecule has 3 rings (SSSR count). The monoisotopic (exact) mass is 460 g/mol. The topological polar surface area (TPSA) is 66.9 Å². The molecule has 2 heterocycles. The molecule has 1 aromatic carbocycles. The number of para-hydroxylation sites is 1. The predicted octanol–water partition coefficient (Wildman–Crippen LogP) is 4.53. The number of thiocarbonyl (C=S) groups is 1. The number of hydrogen-bond acceptors (Lipinski definition) is 6. The van der Waals surface area contributed by atoms with Crippen LogP contribution in [0.5, 0.6) is 0 Å². The quantitative estimate of drug-likeness (QED) is 0.221. The zero-order chi connectivity index (χ0) is 22.4. The van der Waals surface area contributed by atoms with Crippen LogP contribution in [0.15, 0.2) is 29.2 Å². The standard InChI is InChI=1S/C23H28N2O4S2/c1-3-4-9-14-24-17-12-8-7-11-16(17)19(21(24)27)20-22(28)25(23(30)31-20)15-10-5-6-13-18(26)29-2/h7-8,11-12H,3-6,9-10,13-15H2,1-2H3/b20-19-. The number of thioether (sulfide) groups is 1. The molecule has 0 bridgehead atoms. The van der Waals surface area contributed by atoms with Crippen molar-refractivity contribution in [2.24, 2.45) is 0 Å². The summed E-state index contributed by atoms with van der Waals surface area (Å²) in [6.07, 6.45) is 5.68. The molecule has 2 amide bonds. The van der Waals surface area contributed by atoms with Gasteiger partial charge in [-0.05, 0) is 25.3 Å². The molecule has 0 spiro atoms. The minimum atomic E-state index is -0.225. The molecule has 2 aliphatic heterocycles. The SMILES string of the molecule is CCCCCN1C(=O)/C(=C2\SC(=S)N(CCCCCC(=O)OC)C2=O)c2ccccc21. The van der Waals surface area contributed by atoms with Crippen LogP contribution in [-0.4, -0.2) is 47.2 Å². The molecule has 0 radical (unpaired) electrons. The van der Waals surface area contributed by atoms with Gasteiger partial charge in [-0.2, -0.15) is 0 Å². The number of unbranched alkanes of at least 4 members (excludes halogenated alkanes) is 4. The van der Waals surface area contributed by atoms with Crippen LogP contribution >= 0.6 is 24.0 Å². The number of nitrogens with zero attached hydrogens (tertiary/aromatic N) is 2. The first kappa shape index (κ1) is 23.5. The Morgan fingerprint density at radius 3 is 2.45 bits per heavy atom. The van der Waals surface area contributed by atoms with E-state index in [0.29, 0.717) is 40.7 Å². The molecule has 8 heteroatoms. The van der Waals surface area contributed by atoms with Crippen LogP contribution in [0.3, 0.4) is 0 Å². The average molecular weight is 461 g/mol. The molecule has 0 aliphatic carbocycles. The summed E-state index contributed by atoms with van der Waals surface area (Å²) in [6, 6.07) is 7.65. The van der Waals surface area contributed by atoms with Crippen molar-refractivity contribution < 1.29 is 19.1 Å². The molecular weight excluding hydrogens is 432 g/mol. The van der Waals surface area contributed by atoms with Crippen LogP contribution in [0.2, 0.25) is 0 Å². The number of carbonyl (C=O) groups is 3. The largest absolute Gasteiger partial charge is 0.469 e. The first-order valence-corrected chi connectivity index (χ1v) is 12.0. The number of ether oxygens (including phenoxy) is 1. The maximum absolute atomic E-state index is 13.3. The van der Waals surface area contributed by atoms with Crippen molar-refractivity contribution in [2.45, 2.75) is 51.9 Å². The number of esters is 1. The number of hydrogen-bond donors (Lipinski definition) is 0. The van der Waals surface area contributed by atoms with Gasteiger partial charge >= 0.3 is 5.97 Å². The van der Waals surface area contributed by atoms with Crippen molar-refractivity contribution in [1.29, 1.82) is 0 Å². The van der Waals surface area contributed by atoms with E-state index in [-0.39, 0.29) is 17.8 Å². The van der Waals surface area contributed by atoms with E-state index in [1.54, 1.807) is 9.80 Å². The van der Waals surface area contributed by atoms with Gasteiger partial charge in [-0.1, -0.05) is 68.4 Å². The first-order chi connectivity index (χ1) is 15.0. The second-order valence-electron chi connectivity index (χ2n) is 7.60. The lowest BCUT2D eigenvalue weighted by atomic mass is 10.1. The number of fused-ring (bicyclic) bond motifs is 1. The van der Waals surface area contributed by atoms with E-state index < -0.39 is 0 Å². The first-order valence-electron chi connectivity index (χ1n) is 10.8. The summed E-state index contributed by atoms with van der Waals surface area (Å²) < 4.78 is 5.13. The molecule has 166 valence electrons. The fourth-order valence-electron chi connectivity index (χ4n) is 3.80. The molecule has 6 nitrogen and oxygen atoms in total. The maximum atomic E-state index is 13.3. The normalized spacial score (nSPS) is 18.2. The third-order valence-electron chi connectivity index (χ3n) is 5.47. The lowest BCUT2D eigenvalue weighted by Crippen LogP contribution is -2.30. The Morgan fingerprint density at radius 1 is 1.00 bits per heavy atom. The Labute approximate surface area is 193 Å². The third kappa shape index (κ3) is 5.18. The second kappa shape index (κ2) is 10.9. The van der Waals surface area contributed by atoms with Gasteiger partial charge in [0.25, 0.3) is 11.8 Å². The highest BCUT2D eigenvalue weighted by Crippen LogP contribution is 2.44. The minimum Gasteiger partial charge on any atom is -0.469 e. The van der Waals surface area contributed by atoms with Crippen LogP contribution in [-0.2, 0) is 19.1 Å². The summed E-state index contributed by atoms with van der Waals surface area (Å²) in [5.41, 5.74) is 2.15. The summed E-state index contributed by atoms with van der Waals surface area (Å²) in [6.45, 7) is 3.26. The molecule has 0 aromatic heterocycles. The summed E-state index contributed by atoms with van der Waals surface area (Å²) in [7, 11) is 1.38. The van der Waals surface area contributed by atoms with Crippen molar-refractivity contribution >= 4 is 57.3 Å². The molecule has 1 aromatic rings. The van der Waals surface area contributed by atoms with E-state index in [4.69, 9.17) is 12.2 Å². The van der Waals surface area contributed by atoms with Gasteiger partial charge in [-0.25, -0.2) is 0 Å². The van der Waals surface area contributed by atoms with Gasteiger partial charge in [0, 0.05) is 25.1 Å². The van der Waals surface area contributed by atoms with Crippen LogP contribution < -0.4 is 4.90 Å². The Kier molecular flexibility index (Phi) is 8.26. The van der Waals surface area contributed by atoms with E-state index in [1.165, 1.54) is 18.9 Å². The van der Waals surface area contributed by atoms with Crippen LogP contribution in [0.4, 0.5) is 5.69 Å². The average Bonchev–Trinajstić information content (AvgIpc) is 3.20. The zero-order valence-corrected chi connectivity index (χ0v) is 19.7. The van der Waals surface area contributed by atoms with Crippen molar-refractivity contribution in [1.82, 2.24) is 4.90 Å². The fourth-order valence-corrected chi connectivity index (χ4v) is 5.18. The van der Waals surface area contributed by atoms with Crippen molar-refractivity contribution in [3.8, 4) is 0 Å². The molecule has 0 N–H and O–H groups in total. The number of carbonyl (C=O) groups excluding carboxylic acids is 3. The number of amides is 2.